The fourth-order valence-corrected chi connectivity index (χ4v) is 3.67. The van der Waals surface area contributed by atoms with E-state index in [-0.39, 0.29) is 17.5 Å². The molecule has 3 aromatic rings. The van der Waals surface area contributed by atoms with E-state index in [2.05, 4.69) is 5.32 Å². The van der Waals surface area contributed by atoms with Crippen LogP contribution in [0.3, 0.4) is 0 Å². The van der Waals surface area contributed by atoms with Gasteiger partial charge in [0.2, 0.25) is 0 Å². The van der Waals surface area contributed by atoms with Crippen molar-refractivity contribution in [2.24, 2.45) is 0 Å². The average Bonchev–Trinajstić information content (AvgIpc) is 3.07. The number of thioether (sulfide) groups is 1. The number of carbonyl (C=O) groups excluding carboxylic acids is 1. The van der Waals surface area contributed by atoms with Crippen LogP contribution in [-0.2, 0) is 5.75 Å². The first-order chi connectivity index (χ1) is 12.6. The molecule has 1 N–H and O–H groups in total. The van der Waals surface area contributed by atoms with Crippen LogP contribution >= 0.6 is 23.4 Å². The number of amides is 1. The van der Waals surface area contributed by atoms with Crippen LogP contribution in [0.4, 0.5) is 4.39 Å². The van der Waals surface area contributed by atoms with E-state index >= 15 is 0 Å². The molecule has 7 heteroatoms. The third-order valence-corrected chi connectivity index (χ3v) is 5.13. The minimum absolute atomic E-state index is 0.228. The minimum atomic E-state index is -0.315. The molecule has 1 amide bonds. The van der Waals surface area contributed by atoms with Crippen LogP contribution in [0.25, 0.3) is 11.0 Å². The number of benzene rings is 2. The number of carbonyl (C=O) groups is 1. The third-order valence-electron chi connectivity index (χ3n) is 3.79. The van der Waals surface area contributed by atoms with Gasteiger partial charge >= 0.3 is 0 Å². The number of halogens is 2. The molecule has 0 aliphatic carbocycles. The van der Waals surface area contributed by atoms with Crippen molar-refractivity contribution in [2.75, 3.05) is 19.4 Å². The Bertz CT molecular complexity index is 908. The van der Waals surface area contributed by atoms with E-state index in [1.54, 1.807) is 31.4 Å². The van der Waals surface area contributed by atoms with Crippen LogP contribution in [0.15, 0.2) is 46.9 Å². The van der Waals surface area contributed by atoms with Gasteiger partial charge in [0, 0.05) is 34.0 Å². The highest BCUT2D eigenvalue weighted by molar-refractivity contribution is 7.98. The number of nitrogens with one attached hydrogen (secondary N) is 1. The Morgan fingerprint density at radius 3 is 2.88 bits per heavy atom. The molecule has 136 valence electrons. The second-order valence-corrected chi connectivity index (χ2v) is 7.01. The van der Waals surface area contributed by atoms with Crippen LogP contribution in [0.2, 0.25) is 5.02 Å². The summed E-state index contributed by atoms with van der Waals surface area (Å²) in [5.74, 6) is 1.27. The number of hydrogen-bond donors (Lipinski definition) is 1. The molecule has 1 aromatic heterocycles. The van der Waals surface area contributed by atoms with Gasteiger partial charge in [-0.3, -0.25) is 4.79 Å². The van der Waals surface area contributed by atoms with Crippen molar-refractivity contribution in [3.63, 3.8) is 0 Å². The molecular formula is C19H17ClFNO3S. The van der Waals surface area contributed by atoms with E-state index < -0.39 is 0 Å². The maximum absolute atomic E-state index is 13.7. The van der Waals surface area contributed by atoms with Crippen LogP contribution in [0.1, 0.15) is 16.1 Å². The van der Waals surface area contributed by atoms with E-state index in [0.717, 1.165) is 5.39 Å². The number of furan rings is 1. The van der Waals surface area contributed by atoms with Gasteiger partial charge in [-0.05, 0) is 24.3 Å². The molecule has 0 radical (unpaired) electrons. The van der Waals surface area contributed by atoms with Crippen molar-refractivity contribution in [1.29, 1.82) is 0 Å². The molecule has 1 heterocycles. The maximum atomic E-state index is 13.7. The number of para-hydroxylation sites is 1. The Morgan fingerprint density at radius 2 is 2.12 bits per heavy atom. The van der Waals surface area contributed by atoms with E-state index in [9.17, 15) is 9.18 Å². The topological polar surface area (TPSA) is 51.5 Å². The lowest BCUT2D eigenvalue weighted by Gasteiger charge is -2.06. The van der Waals surface area contributed by atoms with Crippen LogP contribution in [-0.4, -0.2) is 25.3 Å². The Morgan fingerprint density at radius 1 is 1.31 bits per heavy atom. The predicted octanol–water partition coefficient (Wildman–Crippen LogP) is 4.90. The molecule has 0 aliphatic heterocycles. The molecule has 0 unspecified atom stereocenters. The fourth-order valence-electron chi connectivity index (χ4n) is 2.48. The SMILES string of the molecule is COc1cccc2cc(C(=O)NCCSCc3c(F)cccc3Cl)oc12. The van der Waals surface area contributed by atoms with Crippen molar-refractivity contribution in [3.05, 3.63) is 64.6 Å². The second-order valence-electron chi connectivity index (χ2n) is 5.50. The quantitative estimate of drug-likeness (QED) is 0.580. The summed E-state index contributed by atoms with van der Waals surface area (Å²) in [6.07, 6.45) is 0. The van der Waals surface area contributed by atoms with Crippen molar-refractivity contribution < 1.29 is 18.3 Å². The maximum Gasteiger partial charge on any atom is 0.287 e. The van der Waals surface area contributed by atoms with Crippen LogP contribution in [0.5, 0.6) is 5.75 Å². The smallest absolute Gasteiger partial charge is 0.287 e. The molecule has 0 atom stereocenters. The van der Waals surface area contributed by atoms with Crippen LogP contribution in [0, 0.1) is 5.82 Å². The first-order valence-corrected chi connectivity index (χ1v) is 9.49. The summed E-state index contributed by atoms with van der Waals surface area (Å²) in [4.78, 5) is 12.2. The molecule has 0 spiro atoms. The molecule has 2 aromatic carbocycles. The van der Waals surface area contributed by atoms with Gasteiger partial charge in [-0.2, -0.15) is 11.8 Å². The highest BCUT2D eigenvalue weighted by Crippen LogP contribution is 2.28. The minimum Gasteiger partial charge on any atom is -0.493 e. The Balaban J connectivity index is 1.52. The fraction of sp³-hybridized carbons (Fsp3) is 0.211. The van der Waals surface area contributed by atoms with Crippen molar-refractivity contribution >= 4 is 40.2 Å². The summed E-state index contributed by atoms with van der Waals surface area (Å²) >= 11 is 7.48. The zero-order valence-corrected chi connectivity index (χ0v) is 15.6. The van der Waals surface area contributed by atoms with Gasteiger partial charge in [0.25, 0.3) is 5.91 Å². The average molecular weight is 394 g/mol. The third kappa shape index (κ3) is 4.14. The molecule has 26 heavy (non-hydrogen) atoms. The summed E-state index contributed by atoms with van der Waals surface area (Å²) in [6.45, 7) is 0.434. The first kappa shape index (κ1) is 18.6. The van der Waals surface area contributed by atoms with Gasteiger partial charge in [0.05, 0.1) is 7.11 Å². The molecule has 4 nitrogen and oxygen atoms in total. The lowest BCUT2D eigenvalue weighted by Crippen LogP contribution is -2.25. The zero-order chi connectivity index (χ0) is 18.5. The number of fused-ring (bicyclic) bond motifs is 1. The molecule has 0 aliphatic rings. The summed E-state index contributed by atoms with van der Waals surface area (Å²) in [7, 11) is 1.55. The van der Waals surface area contributed by atoms with Gasteiger partial charge in [-0.15, -0.1) is 0 Å². The molecular weight excluding hydrogens is 377 g/mol. The number of methoxy groups -OCH3 is 1. The number of hydrogen-bond acceptors (Lipinski definition) is 4. The molecule has 0 saturated carbocycles. The molecule has 0 saturated heterocycles. The lowest BCUT2D eigenvalue weighted by atomic mass is 10.2. The standard InChI is InChI=1S/C19H17ClFNO3S/c1-24-16-7-2-4-12-10-17(25-18(12)16)19(23)22-8-9-26-11-13-14(20)5-3-6-15(13)21/h2-7,10H,8-9,11H2,1H3,(H,22,23). The highest BCUT2D eigenvalue weighted by Gasteiger charge is 2.14. The van der Waals surface area contributed by atoms with E-state index in [0.29, 0.717) is 40.0 Å². The largest absolute Gasteiger partial charge is 0.493 e. The lowest BCUT2D eigenvalue weighted by molar-refractivity contribution is 0.0930. The molecule has 0 fully saturated rings. The molecule has 0 bridgehead atoms. The van der Waals surface area contributed by atoms with Crippen molar-refractivity contribution in [3.8, 4) is 5.75 Å². The van der Waals surface area contributed by atoms with Gasteiger partial charge in [-0.25, -0.2) is 4.39 Å². The van der Waals surface area contributed by atoms with E-state index in [1.807, 2.05) is 12.1 Å². The van der Waals surface area contributed by atoms with Crippen molar-refractivity contribution in [1.82, 2.24) is 5.32 Å². The van der Waals surface area contributed by atoms with E-state index in [1.165, 1.54) is 17.8 Å². The summed E-state index contributed by atoms with van der Waals surface area (Å²) in [5.41, 5.74) is 1.03. The molecule has 3 rings (SSSR count). The van der Waals surface area contributed by atoms with Crippen LogP contribution < -0.4 is 10.1 Å². The summed E-state index contributed by atoms with van der Waals surface area (Å²) < 4.78 is 24.5. The summed E-state index contributed by atoms with van der Waals surface area (Å²) in [6, 6.07) is 11.8. The normalized spacial score (nSPS) is 10.9. The highest BCUT2D eigenvalue weighted by atomic mass is 35.5. The first-order valence-electron chi connectivity index (χ1n) is 7.95. The van der Waals surface area contributed by atoms with Gasteiger partial charge in [0.1, 0.15) is 5.82 Å². The predicted molar refractivity (Wildman–Crippen MR) is 103 cm³/mol. The second kappa shape index (κ2) is 8.47. The number of rotatable bonds is 7. The van der Waals surface area contributed by atoms with E-state index in [4.69, 9.17) is 20.8 Å². The van der Waals surface area contributed by atoms with Gasteiger partial charge in [-0.1, -0.05) is 29.8 Å². The van der Waals surface area contributed by atoms with Gasteiger partial charge in [0.15, 0.2) is 17.1 Å². The summed E-state index contributed by atoms with van der Waals surface area (Å²) in [5, 5.41) is 4.01. The Kier molecular flexibility index (Phi) is 6.06. The Hall–Kier alpha value is -2.18. The monoisotopic (exact) mass is 393 g/mol. The Labute approximate surface area is 159 Å². The number of ether oxygens (including phenoxy) is 1. The zero-order valence-electron chi connectivity index (χ0n) is 14.1. The van der Waals surface area contributed by atoms with Crippen molar-refractivity contribution in [2.45, 2.75) is 5.75 Å². The van der Waals surface area contributed by atoms with Gasteiger partial charge < -0.3 is 14.5 Å².